The van der Waals surface area contributed by atoms with Gasteiger partial charge >= 0.3 is 0 Å². The van der Waals surface area contributed by atoms with Crippen molar-refractivity contribution >= 4 is 87.6 Å². The fraction of sp³-hybridized carbons (Fsp3) is 0. The van der Waals surface area contributed by atoms with E-state index in [9.17, 15) is 0 Å². The Bertz CT molecular complexity index is 3690. The molecule has 0 aliphatic carbocycles. The zero-order chi connectivity index (χ0) is 41.1. The Morgan fingerprint density at radius 2 is 0.887 bits per heavy atom. The Morgan fingerprint density at radius 3 is 1.56 bits per heavy atom. The van der Waals surface area contributed by atoms with E-state index < -0.39 is 0 Å². The van der Waals surface area contributed by atoms with Crippen LogP contribution in [0.15, 0.2) is 224 Å². The van der Waals surface area contributed by atoms with Crippen LogP contribution in [0, 0.1) is 6.57 Å². The zero-order valence-corrected chi connectivity index (χ0v) is 33.7. The molecule has 0 saturated heterocycles. The Balaban J connectivity index is 1.14. The molecule has 0 unspecified atom stereocenters. The summed E-state index contributed by atoms with van der Waals surface area (Å²) in [6, 6.07) is 80.8. The number of nitrogens with zero attached hydrogens (tertiary/aromatic N) is 3. The number of hydrogen-bond donors (Lipinski definition) is 0. The summed E-state index contributed by atoms with van der Waals surface area (Å²) in [5, 5.41) is 12.1. The second-order valence-corrected chi connectivity index (χ2v) is 15.9. The molecule has 0 aliphatic heterocycles. The first-order valence-electron chi connectivity index (χ1n) is 21.0. The molecule has 0 spiro atoms. The molecule has 11 aromatic carbocycles. The molecule has 12 rings (SSSR count). The summed E-state index contributed by atoms with van der Waals surface area (Å²) in [6.07, 6.45) is 0. The molecule has 0 bridgehead atoms. The van der Waals surface area contributed by atoms with Crippen molar-refractivity contribution in [2.75, 3.05) is 4.90 Å². The maximum atomic E-state index is 7.65. The number of rotatable bonds is 6. The molecule has 0 aliphatic rings. The van der Waals surface area contributed by atoms with E-state index in [0.29, 0.717) is 5.69 Å². The van der Waals surface area contributed by atoms with Crippen molar-refractivity contribution in [3.63, 3.8) is 0 Å². The lowest BCUT2D eigenvalue weighted by Crippen LogP contribution is -2.10. The predicted octanol–water partition coefficient (Wildman–Crippen LogP) is 16.8. The van der Waals surface area contributed by atoms with Crippen molar-refractivity contribution in [1.82, 2.24) is 4.57 Å². The second-order valence-electron chi connectivity index (χ2n) is 15.9. The monoisotopic (exact) mass is 787 g/mol. The van der Waals surface area contributed by atoms with Gasteiger partial charge in [0.2, 0.25) is 0 Å². The van der Waals surface area contributed by atoms with E-state index in [1.54, 1.807) is 0 Å². The number of para-hydroxylation sites is 1. The summed E-state index contributed by atoms with van der Waals surface area (Å²) in [7, 11) is 0. The summed E-state index contributed by atoms with van der Waals surface area (Å²) in [6.45, 7) is 7.65. The van der Waals surface area contributed by atoms with Crippen LogP contribution >= 0.6 is 0 Å². The first kappa shape index (κ1) is 35.5. The third-order valence-electron chi connectivity index (χ3n) is 12.5. The molecule has 0 N–H and O–H groups in total. The topological polar surface area (TPSA) is 12.5 Å². The van der Waals surface area contributed by atoms with Gasteiger partial charge in [0, 0.05) is 33.2 Å². The molecule has 0 radical (unpaired) electrons. The van der Waals surface area contributed by atoms with Gasteiger partial charge in [0.15, 0.2) is 5.69 Å². The fourth-order valence-electron chi connectivity index (χ4n) is 9.84. The summed E-state index contributed by atoms with van der Waals surface area (Å²) >= 11 is 0. The molecule has 0 amide bonds. The quantitative estimate of drug-likeness (QED) is 0.121. The third kappa shape index (κ3) is 5.59. The van der Waals surface area contributed by atoms with Gasteiger partial charge < -0.3 is 9.47 Å². The molecule has 288 valence electrons. The highest BCUT2D eigenvalue weighted by atomic mass is 15.1. The first-order chi connectivity index (χ1) is 30.7. The van der Waals surface area contributed by atoms with Gasteiger partial charge in [0.05, 0.1) is 23.3 Å². The van der Waals surface area contributed by atoms with Gasteiger partial charge in [0.1, 0.15) is 0 Å². The highest BCUT2D eigenvalue weighted by Gasteiger charge is 2.22. The van der Waals surface area contributed by atoms with Crippen molar-refractivity contribution < 1.29 is 0 Å². The summed E-state index contributed by atoms with van der Waals surface area (Å²) in [5.41, 5.74) is 12.0. The molecule has 1 aromatic heterocycles. The van der Waals surface area contributed by atoms with Crippen LogP contribution < -0.4 is 4.90 Å². The molecular formula is C59H37N3. The fourth-order valence-corrected chi connectivity index (χ4v) is 9.84. The van der Waals surface area contributed by atoms with E-state index >= 15 is 0 Å². The molecule has 0 saturated carbocycles. The summed E-state index contributed by atoms with van der Waals surface area (Å²) in [5.74, 6) is 0. The van der Waals surface area contributed by atoms with Crippen LogP contribution in [-0.4, -0.2) is 4.57 Å². The molecule has 3 nitrogen and oxygen atoms in total. The maximum Gasteiger partial charge on any atom is 0.187 e. The van der Waals surface area contributed by atoms with Gasteiger partial charge in [-0.15, -0.1) is 0 Å². The van der Waals surface area contributed by atoms with Crippen LogP contribution in [0.25, 0.3) is 97.7 Å². The number of aromatic nitrogens is 1. The highest BCUT2D eigenvalue weighted by Crippen LogP contribution is 2.47. The standard InChI is InChI=1S/C59H37N3/c1-60-42-30-32-44(33-31-42)61(55-28-14-18-40-16-6-8-22-47(40)55)45-34-36-57-54(38-45)53-37-41(29-35-56(53)62(57)43-19-3-2-4-20-43)58-49-23-9-11-25-51(49)59(52-26-12-10-24-50(52)58)48-27-13-17-39-15-5-7-21-46(39)48/h2-38H. The lowest BCUT2D eigenvalue weighted by molar-refractivity contribution is 1.18. The Kier molecular flexibility index (Phi) is 8.23. The molecule has 62 heavy (non-hydrogen) atoms. The van der Waals surface area contributed by atoms with Crippen molar-refractivity contribution in [2.45, 2.75) is 0 Å². The van der Waals surface area contributed by atoms with Gasteiger partial charge in [0.25, 0.3) is 0 Å². The van der Waals surface area contributed by atoms with Gasteiger partial charge in [-0.3, -0.25) is 0 Å². The average molecular weight is 788 g/mol. The van der Waals surface area contributed by atoms with Crippen molar-refractivity contribution in [3.8, 4) is 27.9 Å². The predicted molar refractivity (Wildman–Crippen MR) is 263 cm³/mol. The lowest BCUT2D eigenvalue weighted by atomic mass is 9.84. The highest BCUT2D eigenvalue weighted by molar-refractivity contribution is 6.24. The minimum Gasteiger partial charge on any atom is -0.310 e. The number of hydrogen-bond acceptors (Lipinski definition) is 1. The van der Waals surface area contributed by atoms with Crippen molar-refractivity contribution in [2.24, 2.45) is 0 Å². The van der Waals surface area contributed by atoms with Gasteiger partial charge in [-0.2, -0.15) is 0 Å². The van der Waals surface area contributed by atoms with Crippen LogP contribution in [-0.2, 0) is 0 Å². The molecule has 3 heteroatoms. The minimum atomic E-state index is 0.616. The second kappa shape index (κ2) is 14.4. The molecule has 12 aromatic rings. The van der Waals surface area contributed by atoms with Crippen LogP contribution in [0.4, 0.5) is 22.7 Å². The lowest BCUT2D eigenvalue weighted by Gasteiger charge is -2.27. The van der Waals surface area contributed by atoms with Gasteiger partial charge in [-0.25, -0.2) is 4.85 Å². The van der Waals surface area contributed by atoms with Crippen molar-refractivity contribution in [1.29, 1.82) is 0 Å². The Morgan fingerprint density at radius 1 is 0.371 bits per heavy atom. The maximum absolute atomic E-state index is 7.65. The molecule has 0 fully saturated rings. The normalized spacial score (nSPS) is 11.5. The SMILES string of the molecule is [C-]#[N+]c1ccc(N(c2ccc3c(c2)c2cc(-c4c5ccccc5c(-c5cccc6ccccc56)c5ccccc45)ccc2n3-c2ccccc2)c2cccc3ccccc23)cc1. The smallest absolute Gasteiger partial charge is 0.187 e. The minimum absolute atomic E-state index is 0.616. The summed E-state index contributed by atoms with van der Waals surface area (Å²) < 4.78 is 2.39. The largest absolute Gasteiger partial charge is 0.310 e. The van der Waals surface area contributed by atoms with Crippen LogP contribution in [0.5, 0.6) is 0 Å². The Labute approximate surface area is 359 Å². The van der Waals surface area contributed by atoms with E-state index in [2.05, 4.69) is 227 Å². The number of fused-ring (bicyclic) bond motifs is 7. The number of benzene rings is 11. The van der Waals surface area contributed by atoms with E-state index in [0.717, 1.165) is 44.6 Å². The average Bonchev–Trinajstić information content (AvgIpc) is 3.66. The van der Waals surface area contributed by atoms with E-state index in [4.69, 9.17) is 6.57 Å². The molecule has 1 heterocycles. The van der Waals surface area contributed by atoms with Crippen molar-refractivity contribution in [3.05, 3.63) is 236 Å². The van der Waals surface area contributed by atoms with E-state index in [1.165, 1.54) is 65.3 Å². The summed E-state index contributed by atoms with van der Waals surface area (Å²) in [4.78, 5) is 6.04. The van der Waals surface area contributed by atoms with Crippen LogP contribution in [0.3, 0.4) is 0 Å². The third-order valence-corrected chi connectivity index (χ3v) is 12.5. The van der Waals surface area contributed by atoms with Crippen LogP contribution in [0.2, 0.25) is 0 Å². The number of anilines is 3. The first-order valence-corrected chi connectivity index (χ1v) is 21.0. The van der Waals surface area contributed by atoms with E-state index in [1.807, 2.05) is 12.1 Å². The Hall–Kier alpha value is -8.45. The molecule has 0 atom stereocenters. The van der Waals surface area contributed by atoms with Crippen LogP contribution in [0.1, 0.15) is 0 Å². The van der Waals surface area contributed by atoms with Gasteiger partial charge in [-0.05, 0) is 121 Å². The molecular weight excluding hydrogens is 751 g/mol. The van der Waals surface area contributed by atoms with E-state index in [-0.39, 0.29) is 0 Å². The van der Waals surface area contributed by atoms with Gasteiger partial charge in [-0.1, -0.05) is 164 Å². The zero-order valence-electron chi connectivity index (χ0n) is 33.7.